The number of nitrogens with zero attached hydrogens (tertiary/aromatic N) is 3. The number of halogens is 1. The number of aliphatic carboxylic acids is 1. The molecule has 9 nitrogen and oxygen atoms in total. The van der Waals surface area contributed by atoms with Crippen molar-refractivity contribution >= 4 is 17.3 Å². The summed E-state index contributed by atoms with van der Waals surface area (Å²) in [6.07, 6.45) is 6.76. The molecule has 4 aromatic rings. The molecule has 1 unspecified atom stereocenters. The molecule has 3 fully saturated rings. The van der Waals surface area contributed by atoms with Crippen LogP contribution in [0.25, 0.3) is 16.8 Å². The number of aliphatic hydroxyl groups is 1. The van der Waals surface area contributed by atoms with Crippen LogP contribution in [0.15, 0.2) is 54.9 Å². The number of aromatic nitrogens is 3. The number of imidazole rings is 1. The monoisotopic (exact) mass is 545 g/mol. The number of hydrogen-bond donors (Lipinski definition) is 4. The van der Waals surface area contributed by atoms with Gasteiger partial charge in [0, 0.05) is 35.5 Å². The van der Waals surface area contributed by atoms with Gasteiger partial charge in [-0.2, -0.15) is 0 Å². The fourth-order valence-electron chi connectivity index (χ4n) is 6.51. The number of carboxylic acids is 1. The number of ether oxygens (including phenoxy) is 1. The highest BCUT2D eigenvalue weighted by Gasteiger charge is 2.54. The van der Waals surface area contributed by atoms with E-state index in [1.807, 2.05) is 34.9 Å². The standard InChI is InChI=1S/C30H32FN5O4/c1-40-22-7-6-20(31)16-21(22)26(37)34-17-18-2-4-19(5-3-18)23-24-25(32)33-14-15-36(24)27(35-23)29-8-11-30(12-9-29,13-10-29)28(38)39/h2-7,14-16,26,34,37H,8-13,17H2,1H3,(H2,32,33)(H,38,39). The molecule has 0 saturated heterocycles. The van der Waals surface area contributed by atoms with Crippen molar-refractivity contribution in [2.24, 2.45) is 5.41 Å². The third-order valence-corrected chi connectivity index (χ3v) is 8.97. The maximum Gasteiger partial charge on any atom is 0.309 e. The van der Waals surface area contributed by atoms with Crippen LogP contribution in [0.5, 0.6) is 5.75 Å². The number of nitrogens with one attached hydrogen (secondary N) is 1. The molecule has 1 atom stereocenters. The average Bonchev–Trinajstić information content (AvgIpc) is 3.39. The lowest BCUT2D eigenvalue weighted by molar-refractivity contribution is -0.156. The van der Waals surface area contributed by atoms with Gasteiger partial charge >= 0.3 is 5.97 Å². The topological polar surface area (TPSA) is 135 Å². The Kier molecular flexibility index (Phi) is 6.47. The molecule has 0 spiro atoms. The van der Waals surface area contributed by atoms with Gasteiger partial charge in [0.05, 0.1) is 12.5 Å². The van der Waals surface area contributed by atoms with Gasteiger partial charge in [0.25, 0.3) is 0 Å². The Hall–Kier alpha value is -4.02. The lowest BCUT2D eigenvalue weighted by Crippen LogP contribution is -2.48. The van der Waals surface area contributed by atoms with Crippen LogP contribution < -0.4 is 15.8 Å². The zero-order valence-corrected chi connectivity index (χ0v) is 22.2. The molecule has 2 bridgehead atoms. The van der Waals surface area contributed by atoms with Crippen LogP contribution in [0.1, 0.15) is 61.7 Å². The first-order valence-corrected chi connectivity index (χ1v) is 13.5. The number of methoxy groups -OCH3 is 1. The fourth-order valence-corrected chi connectivity index (χ4v) is 6.51. The third kappa shape index (κ3) is 4.28. The zero-order chi connectivity index (χ0) is 28.1. The van der Waals surface area contributed by atoms with Crippen molar-refractivity contribution < 1.29 is 24.1 Å². The van der Waals surface area contributed by atoms with Crippen LogP contribution in [0, 0.1) is 11.2 Å². The largest absolute Gasteiger partial charge is 0.496 e. The van der Waals surface area contributed by atoms with Gasteiger partial charge in [-0.25, -0.2) is 14.4 Å². The number of hydrogen-bond acceptors (Lipinski definition) is 7. The maximum absolute atomic E-state index is 13.7. The number of nitrogen functional groups attached to an aromatic ring is 1. The van der Waals surface area contributed by atoms with Crippen molar-refractivity contribution in [3.63, 3.8) is 0 Å². The number of anilines is 1. The summed E-state index contributed by atoms with van der Waals surface area (Å²) in [4.78, 5) is 21.4. The number of nitrogens with two attached hydrogens (primary N) is 1. The van der Waals surface area contributed by atoms with Crippen molar-refractivity contribution in [1.82, 2.24) is 19.7 Å². The van der Waals surface area contributed by atoms with Gasteiger partial charge in [-0.1, -0.05) is 24.3 Å². The molecule has 0 radical (unpaired) electrons. The van der Waals surface area contributed by atoms with E-state index in [1.54, 1.807) is 6.20 Å². The molecule has 0 aliphatic heterocycles. The molecule has 2 heterocycles. The van der Waals surface area contributed by atoms with Crippen LogP contribution in [-0.2, 0) is 16.8 Å². The van der Waals surface area contributed by atoms with E-state index in [1.165, 1.54) is 25.3 Å². The Bertz CT molecular complexity index is 1560. The summed E-state index contributed by atoms with van der Waals surface area (Å²) in [5.74, 6) is 0.568. The van der Waals surface area contributed by atoms with Gasteiger partial charge in [0.1, 0.15) is 40.6 Å². The predicted molar refractivity (Wildman–Crippen MR) is 147 cm³/mol. The highest BCUT2D eigenvalue weighted by Crippen LogP contribution is 2.58. The highest BCUT2D eigenvalue weighted by atomic mass is 19.1. The van der Waals surface area contributed by atoms with Gasteiger partial charge in [0.15, 0.2) is 0 Å². The second-order valence-electron chi connectivity index (χ2n) is 11.0. The second kappa shape index (κ2) is 9.87. The van der Waals surface area contributed by atoms with E-state index in [0.717, 1.165) is 47.4 Å². The Balaban J connectivity index is 1.26. The normalized spacial score (nSPS) is 22.9. The van der Waals surface area contributed by atoms with Crippen molar-refractivity contribution in [2.75, 3.05) is 12.8 Å². The first-order chi connectivity index (χ1) is 19.2. The summed E-state index contributed by atoms with van der Waals surface area (Å²) in [5.41, 5.74) is 9.17. The van der Waals surface area contributed by atoms with E-state index in [4.69, 9.17) is 15.5 Å². The molecular weight excluding hydrogens is 513 g/mol. The Labute approximate surface area is 230 Å². The molecule has 208 valence electrons. The summed E-state index contributed by atoms with van der Waals surface area (Å²) in [7, 11) is 1.47. The Morgan fingerprint density at radius 2 is 1.85 bits per heavy atom. The molecule has 3 saturated carbocycles. The van der Waals surface area contributed by atoms with E-state index < -0.39 is 23.4 Å². The molecule has 10 heteroatoms. The minimum Gasteiger partial charge on any atom is -0.496 e. The van der Waals surface area contributed by atoms with Crippen molar-refractivity contribution in [2.45, 2.75) is 56.7 Å². The summed E-state index contributed by atoms with van der Waals surface area (Å²) in [6.45, 7) is 0.342. The van der Waals surface area contributed by atoms with E-state index in [-0.39, 0.29) is 5.41 Å². The molecule has 2 aromatic heterocycles. The minimum atomic E-state index is -1.11. The number of fused-ring (bicyclic) bond motifs is 4. The zero-order valence-electron chi connectivity index (χ0n) is 22.2. The molecule has 3 aliphatic carbocycles. The van der Waals surface area contributed by atoms with Crippen LogP contribution in [0.3, 0.4) is 0 Å². The van der Waals surface area contributed by atoms with Gasteiger partial charge in [-0.3, -0.25) is 14.5 Å². The molecule has 5 N–H and O–H groups in total. The minimum absolute atomic E-state index is 0.190. The van der Waals surface area contributed by atoms with Crippen LogP contribution in [-0.4, -0.2) is 37.7 Å². The van der Waals surface area contributed by atoms with Gasteiger partial charge in [-0.05, 0) is 62.3 Å². The van der Waals surface area contributed by atoms with E-state index in [0.29, 0.717) is 42.9 Å². The van der Waals surface area contributed by atoms with Gasteiger partial charge < -0.3 is 20.7 Å². The smallest absolute Gasteiger partial charge is 0.309 e. The lowest BCUT2D eigenvalue weighted by atomic mass is 9.53. The SMILES string of the molecule is COc1ccc(F)cc1C(O)NCc1ccc(-c2nc(C34CCC(C(=O)O)(CC3)CC4)n3ccnc(N)c23)cc1. The summed E-state index contributed by atoms with van der Waals surface area (Å²) in [5, 5.41) is 23.4. The average molecular weight is 546 g/mol. The molecule has 2 aromatic carbocycles. The number of carbonyl (C=O) groups is 1. The van der Waals surface area contributed by atoms with Crippen LogP contribution in [0.4, 0.5) is 10.2 Å². The first-order valence-electron chi connectivity index (χ1n) is 13.5. The van der Waals surface area contributed by atoms with E-state index in [2.05, 4.69) is 10.3 Å². The second-order valence-corrected chi connectivity index (χ2v) is 11.0. The van der Waals surface area contributed by atoms with Crippen LogP contribution in [0.2, 0.25) is 0 Å². The summed E-state index contributed by atoms with van der Waals surface area (Å²) < 4.78 is 21.0. The number of rotatable bonds is 8. The van der Waals surface area contributed by atoms with Crippen molar-refractivity contribution in [3.8, 4) is 17.0 Å². The molecular formula is C30H32FN5O4. The van der Waals surface area contributed by atoms with Crippen molar-refractivity contribution in [3.05, 3.63) is 77.6 Å². The molecule has 7 rings (SSSR count). The maximum atomic E-state index is 13.7. The molecule has 40 heavy (non-hydrogen) atoms. The first kappa shape index (κ1) is 26.2. The Morgan fingerprint density at radius 3 is 2.50 bits per heavy atom. The summed E-state index contributed by atoms with van der Waals surface area (Å²) >= 11 is 0. The predicted octanol–water partition coefficient (Wildman–Crippen LogP) is 4.58. The van der Waals surface area contributed by atoms with Crippen LogP contribution >= 0.6 is 0 Å². The van der Waals surface area contributed by atoms with Gasteiger partial charge in [0.2, 0.25) is 0 Å². The van der Waals surface area contributed by atoms with Gasteiger partial charge in [-0.15, -0.1) is 0 Å². The fraction of sp³-hybridized carbons (Fsp3) is 0.367. The summed E-state index contributed by atoms with van der Waals surface area (Å²) in [6, 6.07) is 11.8. The quantitative estimate of drug-likeness (QED) is 0.236. The van der Waals surface area contributed by atoms with E-state index >= 15 is 0 Å². The number of carboxylic acid groups (broad SMARTS) is 1. The number of benzene rings is 2. The molecule has 3 aliphatic rings. The lowest BCUT2D eigenvalue weighted by Gasteiger charge is -2.50. The highest BCUT2D eigenvalue weighted by molar-refractivity contribution is 5.85. The van der Waals surface area contributed by atoms with Crippen molar-refractivity contribution in [1.29, 1.82) is 0 Å². The third-order valence-electron chi connectivity index (χ3n) is 8.97. The molecule has 0 amide bonds. The van der Waals surface area contributed by atoms with E-state index in [9.17, 15) is 19.4 Å². The number of aliphatic hydroxyl groups excluding tert-OH is 1. The Morgan fingerprint density at radius 1 is 1.15 bits per heavy atom.